The lowest BCUT2D eigenvalue weighted by atomic mass is 10.2. The van der Waals surface area contributed by atoms with Crippen LogP contribution in [0.3, 0.4) is 0 Å². The van der Waals surface area contributed by atoms with Crippen molar-refractivity contribution in [1.29, 1.82) is 0 Å². The molecule has 1 aromatic rings. The minimum Gasteiger partial charge on any atom is -0.347 e. The Labute approximate surface area is 123 Å². The van der Waals surface area contributed by atoms with Crippen LogP contribution >= 0.6 is 27.5 Å². The largest absolute Gasteiger partial charge is 0.347 e. The summed E-state index contributed by atoms with van der Waals surface area (Å²) in [6, 6.07) is 3.04. The molecule has 4 nitrogen and oxygen atoms in total. The molecule has 0 spiro atoms. The van der Waals surface area contributed by atoms with Gasteiger partial charge in [-0.3, -0.25) is 4.79 Å². The summed E-state index contributed by atoms with van der Waals surface area (Å²) in [4.78, 5) is 12.0. The molecule has 1 aliphatic heterocycles. The van der Waals surface area contributed by atoms with Crippen LogP contribution in [0, 0.1) is 5.82 Å². The van der Waals surface area contributed by atoms with E-state index in [0.717, 1.165) is 6.07 Å². The fraction of sp³-hybridized carbons (Fsp3) is 0.364. The Kier molecular flexibility index (Phi) is 4.17. The van der Waals surface area contributed by atoms with Gasteiger partial charge < -0.3 is 5.32 Å². The third-order valence-corrected chi connectivity index (χ3v) is 5.84. The number of carbonyl (C=O) groups excluding carboxylic acids is 1. The highest BCUT2D eigenvalue weighted by molar-refractivity contribution is 9.10. The number of hydrogen-bond donors (Lipinski definition) is 1. The first-order chi connectivity index (χ1) is 8.78. The van der Waals surface area contributed by atoms with Crippen LogP contribution in [-0.2, 0) is 9.84 Å². The molecule has 0 aromatic heterocycles. The van der Waals surface area contributed by atoms with E-state index in [1.54, 1.807) is 0 Å². The number of benzene rings is 1. The second-order valence-electron chi connectivity index (χ2n) is 4.30. The molecular weight excluding hydrogens is 361 g/mol. The maximum Gasteiger partial charge on any atom is 0.252 e. The van der Waals surface area contributed by atoms with Crippen LogP contribution in [0.25, 0.3) is 0 Å². The van der Waals surface area contributed by atoms with Crippen molar-refractivity contribution in [3.63, 3.8) is 0 Å². The zero-order chi connectivity index (χ0) is 14.2. The van der Waals surface area contributed by atoms with E-state index in [0.29, 0.717) is 4.47 Å². The second-order valence-corrected chi connectivity index (χ2v) is 7.87. The van der Waals surface area contributed by atoms with Gasteiger partial charge in [0.1, 0.15) is 5.82 Å². The Bertz CT molecular complexity index is 622. The van der Waals surface area contributed by atoms with Crippen LogP contribution in [0.15, 0.2) is 22.7 Å². The number of alkyl halides is 1. The third-order valence-electron chi connectivity index (χ3n) is 2.77. The van der Waals surface area contributed by atoms with Gasteiger partial charge in [-0.1, -0.05) is 0 Å². The summed E-state index contributed by atoms with van der Waals surface area (Å²) in [5.41, 5.74) is 0.105. The highest BCUT2D eigenvalue weighted by atomic mass is 79.9. The van der Waals surface area contributed by atoms with Crippen molar-refractivity contribution >= 4 is 43.3 Å². The van der Waals surface area contributed by atoms with Gasteiger partial charge in [0.2, 0.25) is 0 Å². The van der Waals surface area contributed by atoms with Crippen LogP contribution in [0.5, 0.6) is 0 Å². The smallest absolute Gasteiger partial charge is 0.252 e. The van der Waals surface area contributed by atoms with E-state index in [2.05, 4.69) is 21.2 Å². The monoisotopic (exact) mass is 369 g/mol. The lowest BCUT2D eigenvalue weighted by Crippen LogP contribution is -2.40. The first-order valence-electron chi connectivity index (χ1n) is 5.39. The Morgan fingerprint density at radius 2 is 2.11 bits per heavy atom. The number of halogens is 3. The molecule has 1 N–H and O–H groups in total. The summed E-state index contributed by atoms with van der Waals surface area (Å²) >= 11 is 9.02. The van der Waals surface area contributed by atoms with Crippen LogP contribution in [0.1, 0.15) is 10.4 Å². The standard InChI is InChI=1S/C11H10BrClFNO3S/c12-8-2-1-6(14)3-7(8)11(16)15-10-5-19(17,18)4-9(10)13/h1-3,9-10H,4-5H2,(H,15,16). The highest BCUT2D eigenvalue weighted by Crippen LogP contribution is 2.21. The molecule has 1 fully saturated rings. The molecule has 2 unspecified atom stereocenters. The van der Waals surface area contributed by atoms with Crippen LogP contribution < -0.4 is 5.32 Å². The van der Waals surface area contributed by atoms with E-state index in [1.807, 2.05) is 0 Å². The minimum absolute atomic E-state index is 0.105. The molecule has 19 heavy (non-hydrogen) atoms. The van der Waals surface area contributed by atoms with Gasteiger partial charge in [-0.05, 0) is 34.1 Å². The fourth-order valence-electron chi connectivity index (χ4n) is 1.85. The topological polar surface area (TPSA) is 63.2 Å². The molecule has 1 heterocycles. The number of rotatable bonds is 2. The van der Waals surface area contributed by atoms with Crippen molar-refractivity contribution < 1.29 is 17.6 Å². The van der Waals surface area contributed by atoms with Crippen molar-refractivity contribution in [3.05, 3.63) is 34.1 Å². The first kappa shape index (κ1) is 14.7. The second kappa shape index (κ2) is 5.38. The van der Waals surface area contributed by atoms with E-state index in [-0.39, 0.29) is 17.1 Å². The predicted molar refractivity (Wildman–Crippen MR) is 73.6 cm³/mol. The molecule has 1 aromatic carbocycles. The molecule has 0 aliphatic carbocycles. The van der Waals surface area contributed by atoms with Crippen molar-refractivity contribution in [2.24, 2.45) is 0 Å². The molecule has 0 radical (unpaired) electrons. The fourth-order valence-corrected chi connectivity index (χ4v) is 4.83. The molecule has 0 bridgehead atoms. The quantitative estimate of drug-likeness (QED) is 0.806. The predicted octanol–water partition coefficient (Wildman–Crippen LogP) is 1.72. The average molecular weight is 371 g/mol. The van der Waals surface area contributed by atoms with Crippen LogP contribution in [-0.4, -0.2) is 37.2 Å². The summed E-state index contributed by atoms with van der Waals surface area (Å²) in [5, 5.41) is 1.86. The summed E-state index contributed by atoms with van der Waals surface area (Å²) in [7, 11) is -3.22. The van der Waals surface area contributed by atoms with Gasteiger partial charge in [0.15, 0.2) is 9.84 Å². The van der Waals surface area contributed by atoms with Gasteiger partial charge in [0.05, 0.1) is 28.5 Å². The zero-order valence-corrected chi connectivity index (χ0v) is 12.7. The number of carbonyl (C=O) groups is 1. The molecule has 1 saturated heterocycles. The lowest BCUT2D eigenvalue weighted by Gasteiger charge is -2.15. The molecular formula is C11H10BrClFNO3S. The van der Waals surface area contributed by atoms with Crippen LogP contribution in [0.2, 0.25) is 0 Å². The third kappa shape index (κ3) is 3.46. The maximum atomic E-state index is 13.1. The van der Waals surface area contributed by atoms with Gasteiger partial charge in [-0.25, -0.2) is 12.8 Å². The SMILES string of the molecule is O=C(NC1CS(=O)(=O)CC1Cl)c1cc(F)ccc1Br. The Morgan fingerprint density at radius 3 is 2.68 bits per heavy atom. The number of amides is 1. The molecule has 2 atom stereocenters. The first-order valence-corrected chi connectivity index (χ1v) is 8.44. The van der Waals surface area contributed by atoms with Gasteiger partial charge in [-0.2, -0.15) is 0 Å². The van der Waals surface area contributed by atoms with E-state index in [4.69, 9.17) is 11.6 Å². The Balaban J connectivity index is 2.16. The Hall–Kier alpha value is -0.660. The van der Waals surface area contributed by atoms with E-state index < -0.39 is 33.0 Å². The lowest BCUT2D eigenvalue weighted by molar-refractivity contribution is 0.0940. The Morgan fingerprint density at radius 1 is 1.42 bits per heavy atom. The van der Waals surface area contributed by atoms with E-state index in [9.17, 15) is 17.6 Å². The average Bonchev–Trinajstić information content (AvgIpc) is 2.55. The zero-order valence-electron chi connectivity index (χ0n) is 9.57. The molecule has 2 rings (SSSR count). The number of hydrogen-bond acceptors (Lipinski definition) is 3. The maximum absolute atomic E-state index is 13.1. The molecule has 104 valence electrons. The number of sulfone groups is 1. The molecule has 0 saturated carbocycles. The summed E-state index contributed by atoms with van der Waals surface area (Å²) in [6.07, 6.45) is 0. The summed E-state index contributed by atoms with van der Waals surface area (Å²) in [5.74, 6) is -1.46. The molecule has 1 amide bonds. The van der Waals surface area contributed by atoms with Gasteiger partial charge in [0.25, 0.3) is 5.91 Å². The van der Waals surface area contributed by atoms with Crippen molar-refractivity contribution in [3.8, 4) is 0 Å². The molecule has 1 aliphatic rings. The van der Waals surface area contributed by atoms with Crippen molar-refractivity contribution in [2.75, 3.05) is 11.5 Å². The number of nitrogens with one attached hydrogen (secondary N) is 1. The minimum atomic E-state index is -3.22. The van der Waals surface area contributed by atoms with Gasteiger partial charge >= 0.3 is 0 Å². The van der Waals surface area contributed by atoms with Gasteiger partial charge in [0, 0.05) is 4.47 Å². The molecule has 8 heteroatoms. The summed E-state index contributed by atoms with van der Waals surface area (Å²) in [6.45, 7) is 0. The van der Waals surface area contributed by atoms with E-state index in [1.165, 1.54) is 12.1 Å². The van der Waals surface area contributed by atoms with E-state index >= 15 is 0 Å². The summed E-state index contributed by atoms with van der Waals surface area (Å²) < 4.78 is 36.3. The van der Waals surface area contributed by atoms with Crippen molar-refractivity contribution in [1.82, 2.24) is 5.32 Å². The van der Waals surface area contributed by atoms with Gasteiger partial charge in [-0.15, -0.1) is 11.6 Å². The van der Waals surface area contributed by atoms with Crippen LogP contribution in [0.4, 0.5) is 4.39 Å². The highest BCUT2D eigenvalue weighted by Gasteiger charge is 2.37. The normalized spacial score (nSPS) is 25.2. The van der Waals surface area contributed by atoms with Crippen molar-refractivity contribution in [2.45, 2.75) is 11.4 Å².